The van der Waals surface area contributed by atoms with Crippen molar-refractivity contribution in [1.29, 1.82) is 0 Å². The molecule has 2 heterocycles. The van der Waals surface area contributed by atoms with E-state index in [2.05, 4.69) is 31.2 Å². The van der Waals surface area contributed by atoms with Crippen molar-refractivity contribution < 1.29 is 14.6 Å². The summed E-state index contributed by atoms with van der Waals surface area (Å²) in [6.07, 6.45) is 2.44. The molecular formula is C25H30N6O3. The number of rotatable bonds is 8. The molecule has 1 aliphatic rings. The second kappa shape index (κ2) is 11.4. The molecule has 0 unspecified atom stereocenters. The van der Waals surface area contributed by atoms with Gasteiger partial charge in [-0.15, -0.1) is 0 Å². The van der Waals surface area contributed by atoms with Gasteiger partial charge < -0.3 is 25.0 Å². The molecule has 4 rings (SSSR count). The number of anilines is 2. The summed E-state index contributed by atoms with van der Waals surface area (Å²) in [6, 6.07) is 14.8. The molecule has 0 bridgehead atoms. The maximum absolute atomic E-state index is 11.4. The molecule has 1 aliphatic heterocycles. The number of hydrogen-bond acceptors (Lipinski definition) is 6. The third-order valence-electron chi connectivity index (χ3n) is 5.68. The Morgan fingerprint density at radius 2 is 1.94 bits per heavy atom. The number of aromatic carboxylic acids is 1. The Kier molecular flexibility index (Phi) is 7.87. The number of carboxylic acids is 1. The van der Waals surface area contributed by atoms with Crippen LogP contribution in [0.1, 0.15) is 23.7 Å². The second-order valence-electron chi connectivity index (χ2n) is 7.96. The molecule has 0 amide bonds. The van der Waals surface area contributed by atoms with Gasteiger partial charge in [-0.3, -0.25) is 4.99 Å². The second-order valence-corrected chi connectivity index (χ2v) is 7.96. The summed E-state index contributed by atoms with van der Waals surface area (Å²) in [7, 11) is 0. The number of aliphatic imine (C=N–C) groups is 1. The predicted molar refractivity (Wildman–Crippen MR) is 134 cm³/mol. The lowest BCUT2D eigenvalue weighted by Crippen LogP contribution is -2.51. The van der Waals surface area contributed by atoms with Gasteiger partial charge in [0.15, 0.2) is 5.96 Å². The number of benzene rings is 2. The fourth-order valence-electron chi connectivity index (χ4n) is 3.95. The minimum Gasteiger partial charge on any atom is -0.478 e. The first kappa shape index (κ1) is 23.4. The van der Waals surface area contributed by atoms with E-state index in [4.69, 9.17) is 9.73 Å². The molecule has 0 radical (unpaired) electrons. The molecule has 1 aromatic heterocycles. The van der Waals surface area contributed by atoms with E-state index in [1.165, 1.54) is 0 Å². The molecule has 1 fully saturated rings. The molecule has 34 heavy (non-hydrogen) atoms. The first-order valence-electron chi connectivity index (χ1n) is 11.6. The molecule has 0 spiro atoms. The fourth-order valence-corrected chi connectivity index (χ4v) is 3.95. The maximum Gasteiger partial charge on any atom is 0.335 e. The quantitative estimate of drug-likeness (QED) is 0.298. The summed E-state index contributed by atoms with van der Waals surface area (Å²) >= 11 is 0. The molecule has 1 saturated heterocycles. The molecule has 0 saturated carbocycles. The average Bonchev–Trinajstić information content (AvgIpc) is 2.88. The highest BCUT2D eigenvalue weighted by molar-refractivity contribution is 5.96. The standard InChI is InChI=1S/C25H30N6O3/c1-2-34-16-6-11-26-25(29-20-8-5-7-19(17-20)24(32)33)31-14-12-30(13-15-31)23-21-9-3-4-10-22(21)27-18-28-23/h3-5,7-10,17-18H,2,6,11-16H2,1H3,(H,26,29)(H,32,33). The van der Waals surface area contributed by atoms with Crippen molar-refractivity contribution in [2.45, 2.75) is 13.3 Å². The van der Waals surface area contributed by atoms with E-state index in [1.807, 2.05) is 31.2 Å². The Balaban J connectivity index is 1.47. The Morgan fingerprint density at radius 1 is 1.12 bits per heavy atom. The molecular weight excluding hydrogens is 432 g/mol. The zero-order valence-corrected chi connectivity index (χ0v) is 19.4. The summed E-state index contributed by atoms with van der Waals surface area (Å²) in [5.74, 6) is 0.735. The first-order chi connectivity index (χ1) is 16.7. The third kappa shape index (κ3) is 5.79. The Morgan fingerprint density at radius 3 is 2.74 bits per heavy atom. The summed E-state index contributed by atoms with van der Waals surface area (Å²) < 4.78 is 5.43. The Bertz CT molecular complexity index is 1140. The number of hydrogen-bond donors (Lipinski definition) is 2. The van der Waals surface area contributed by atoms with Gasteiger partial charge in [-0.2, -0.15) is 0 Å². The van der Waals surface area contributed by atoms with E-state index < -0.39 is 5.97 Å². The van der Waals surface area contributed by atoms with Crippen LogP contribution in [0.4, 0.5) is 11.5 Å². The average molecular weight is 463 g/mol. The lowest BCUT2D eigenvalue weighted by atomic mass is 10.2. The molecule has 0 atom stereocenters. The van der Waals surface area contributed by atoms with Crippen LogP contribution in [0.2, 0.25) is 0 Å². The molecule has 2 N–H and O–H groups in total. The van der Waals surface area contributed by atoms with Crippen LogP contribution in [0.25, 0.3) is 10.9 Å². The van der Waals surface area contributed by atoms with Gasteiger partial charge in [-0.25, -0.2) is 14.8 Å². The largest absolute Gasteiger partial charge is 0.478 e. The molecule has 9 nitrogen and oxygen atoms in total. The Hall–Kier alpha value is -3.72. The summed E-state index contributed by atoms with van der Waals surface area (Å²) in [6.45, 7) is 7.05. The molecule has 178 valence electrons. The summed E-state index contributed by atoms with van der Waals surface area (Å²) in [5, 5.41) is 13.7. The van der Waals surface area contributed by atoms with Gasteiger partial charge in [0.1, 0.15) is 12.1 Å². The van der Waals surface area contributed by atoms with Gasteiger partial charge in [-0.05, 0) is 43.7 Å². The van der Waals surface area contributed by atoms with Crippen molar-refractivity contribution in [1.82, 2.24) is 14.9 Å². The fraction of sp³-hybridized carbons (Fsp3) is 0.360. The van der Waals surface area contributed by atoms with E-state index >= 15 is 0 Å². The zero-order chi connectivity index (χ0) is 23.8. The van der Waals surface area contributed by atoms with Gasteiger partial charge in [0.05, 0.1) is 11.1 Å². The number of ether oxygens (including phenoxy) is 1. The SMILES string of the molecule is CCOCCCN=C(Nc1cccc(C(=O)O)c1)N1CCN(c2ncnc3ccccc23)CC1. The highest BCUT2D eigenvalue weighted by Gasteiger charge is 2.22. The zero-order valence-electron chi connectivity index (χ0n) is 19.4. The number of nitrogens with zero attached hydrogens (tertiary/aromatic N) is 5. The van der Waals surface area contributed by atoms with Crippen molar-refractivity contribution >= 4 is 34.3 Å². The van der Waals surface area contributed by atoms with Gasteiger partial charge in [0, 0.05) is 57.0 Å². The molecule has 9 heteroatoms. The van der Waals surface area contributed by atoms with Crippen LogP contribution < -0.4 is 10.2 Å². The highest BCUT2D eigenvalue weighted by Crippen LogP contribution is 2.23. The predicted octanol–water partition coefficient (Wildman–Crippen LogP) is 3.34. The number of carboxylic acid groups (broad SMARTS) is 1. The van der Waals surface area contributed by atoms with Crippen molar-refractivity contribution in [2.75, 3.05) is 56.2 Å². The van der Waals surface area contributed by atoms with E-state index in [0.29, 0.717) is 25.4 Å². The van der Waals surface area contributed by atoms with Crippen LogP contribution >= 0.6 is 0 Å². The lowest BCUT2D eigenvalue weighted by molar-refractivity contribution is 0.0697. The smallest absolute Gasteiger partial charge is 0.335 e. The number of piperazine rings is 1. The van der Waals surface area contributed by atoms with Crippen molar-refractivity contribution in [3.8, 4) is 0 Å². The normalized spacial score (nSPS) is 14.4. The number of nitrogens with one attached hydrogen (secondary N) is 1. The molecule has 2 aromatic carbocycles. The minimum atomic E-state index is -0.954. The van der Waals surface area contributed by atoms with Crippen LogP contribution in [0.3, 0.4) is 0 Å². The van der Waals surface area contributed by atoms with Gasteiger partial charge in [0.2, 0.25) is 0 Å². The van der Waals surface area contributed by atoms with Gasteiger partial charge >= 0.3 is 5.97 Å². The highest BCUT2D eigenvalue weighted by atomic mass is 16.5. The van der Waals surface area contributed by atoms with Crippen LogP contribution in [-0.4, -0.2) is 77.8 Å². The number of guanidine groups is 1. The van der Waals surface area contributed by atoms with Gasteiger partial charge in [-0.1, -0.05) is 18.2 Å². The number of fused-ring (bicyclic) bond motifs is 1. The summed E-state index contributed by atoms with van der Waals surface area (Å²) in [5.41, 5.74) is 1.88. The Labute approximate surface area is 199 Å². The van der Waals surface area contributed by atoms with Crippen LogP contribution in [0.5, 0.6) is 0 Å². The number of para-hydroxylation sites is 1. The minimum absolute atomic E-state index is 0.237. The van der Waals surface area contributed by atoms with E-state index in [0.717, 1.165) is 55.3 Å². The topological polar surface area (TPSA) is 103 Å². The van der Waals surface area contributed by atoms with Crippen LogP contribution in [-0.2, 0) is 4.74 Å². The van der Waals surface area contributed by atoms with Crippen molar-refractivity contribution in [3.63, 3.8) is 0 Å². The van der Waals surface area contributed by atoms with Crippen molar-refractivity contribution in [3.05, 3.63) is 60.4 Å². The lowest BCUT2D eigenvalue weighted by Gasteiger charge is -2.37. The third-order valence-corrected chi connectivity index (χ3v) is 5.68. The van der Waals surface area contributed by atoms with Crippen LogP contribution in [0.15, 0.2) is 59.9 Å². The number of carbonyl (C=O) groups is 1. The van der Waals surface area contributed by atoms with E-state index in [-0.39, 0.29) is 5.56 Å². The first-order valence-corrected chi connectivity index (χ1v) is 11.6. The monoisotopic (exact) mass is 462 g/mol. The molecule has 0 aliphatic carbocycles. The summed E-state index contributed by atoms with van der Waals surface area (Å²) in [4.78, 5) is 29.6. The number of aromatic nitrogens is 2. The van der Waals surface area contributed by atoms with E-state index in [1.54, 1.807) is 24.5 Å². The molecule has 3 aromatic rings. The maximum atomic E-state index is 11.4. The van der Waals surface area contributed by atoms with Crippen molar-refractivity contribution in [2.24, 2.45) is 4.99 Å². The van der Waals surface area contributed by atoms with Gasteiger partial charge in [0.25, 0.3) is 0 Å². The van der Waals surface area contributed by atoms with Crippen LogP contribution in [0, 0.1) is 0 Å². The van der Waals surface area contributed by atoms with E-state index in [9.17, 15) is 9.90 Å².